The minimum absolute atomic E-state index is 0.0312. The van der Waals surface area contributed by atoms with Gasteiger partial charge in [-0.15, -0.1) is 0 Å². The van der Waals surface area contributed by atoms with E-state index in [0.29, 0.717) is 17.9 Å². The van der Waals surface area contributed by atoms with Crippen LogP contribution in [0.15, 0.2) is 21.0 Å². The number of oxazole rings is 1. The number of aryl methyl sites for hydroxylation is 2. The highest BCUT2D eigenvalue weighted by Crippen LogP contribution is 2.26. The molecule has 0 aliphatic heterocycles. The predicted octanol–water partition coefficient (Wildman–Crippen LogP) is 2.92. The van der Waals surface area contributed by atoms with E-state index in [2.05, 4.69) is 20.9 Å². The minimum Gasteiger partial charge on any atom is -0.481 e. The monoisotopic (exact) mass is 283 g/mol. The highest BCUT2D eigenvalue weighted by Gasteiger charge is 2.10. The van der Waals surface area contributed by atoms with E-state index < -0.39 is 5.97 Å². The molecule has 0 spiro atoms. The first-order valence-electron chi connectivity index (χ1n) is 4.83. The number of carboxylic acid groups (broad SMARTS) is 1. The molecule has 0 fully saturated rings. The fraction of sp³-hybridized carbons (Fsp3) is 0.273. The van der Waals surface area contributed by atoms with Crippen LogP contribution < -0.4 is 0 Å². The average molecular weight is 284 g/mol. The Morgan fingerprint density at radius 2 is 2.31 bits per heavy atom. The van der Waals surface area contributed by atoms with Crippen molar-refractivity contribution < 1.29 is 14.3 Å². The number of fused-ring (bicyclic) bond motifs is 1. The summed E-state index contributed by atoms with van der Waals surface area (Å²) in [6.45, 7) is 1.97. The molecule has 1 aromatic heterocycles. The lowest BCUT2D eigenvalue weighted by Crippen LogP contribution is -1.97. The molecule has 1 N–H and O–H groups in total. The van der Waals surface area contributed by atoms with Crippen LogP contribution in [0.1, 0.15) is 17.9 Å². The van der Waals surface area contributed by atoms with E-state index in [1.807, 2.05) is 19.1 Å². The number of halogens is 1. The summed E-state index contributed by atoms with van der Waals surface area (Å²) in [6, 6.07) is 3.85. The van der Waals surface area contributed by atoms with E-state index in [1.165, 1.54) is 0 Å². The van der Waals surface area contributed by atoms with Crippen molar-refractivity contribution in [2.45, 2.75) is 19.8 Å². The molecule has 0 aliphatic rings. The molecule has 1 heterocycles. The molecule has 2 aromatic rings. The second-order valence-electron chi connectivity index (χ2n) is 3.60. The second kappa shape index (κ2) is 4.25. The number of nitrogens with zero attached hydrogens (tertiary/aromatic N) is 1. The second-order valence-corrected chi connectivity index (χ2v) is 4.45. The molecule has 84 valence electrons. The maximum Gasteiger partial charge on any atom is 0.303 e. The van der Waals surface area contributed by atoms with Crippen LogP contribution in [0.4, 0.5) is 0 Å². The number of carboxylic acids is 1. The number of aromatic nitrogens is 1. The van der Waals surface area contributed by atoms with Crippen molar-refractivity contribution >= 4 is 33.0 Å². The summed E-state index contributed by atoms with van der Waals surface area (Å²) < 4.78 is 6.33. The zero-order valence-electron chi connectivity index (χ0n) is 8.66. The molecule has 4 nitrogen and oxygen atoms in total. The molecule has 2 rings (SSSR count). The third-order valence-electron chi connectivity index (χ3n) is 2.19. The Kier molecular flexibility index (Phi) is 2.96. The van der Waals surface area contributed by atoms with Crippen LogP contribution in [-0.4, -0.2) is 16.1 Å². The third-order valence-corrected chi connectivity index (χ3v) is 2.78. The Bertz CT molecular complexity index is 547. The summed E-state index contributed by atoms with van der Waals surface area (Å²) in [7, 11) is 0. The predicted molar refractivity (Wildman–Crippen MR) is 62.4 cm³/mol. The summed E-state index contributed by atoms with van der Waals surface area (Å²) in [5.41, 5.74) is 2.51. The molecule has 0 bridgehead atoms. The van der Waals surface area contributed by atoms with Crippen LogP contribution in [0.25, 0.3) is 11.1 Å². The summed E-state index contributed by atoms with van der Waals surface area (Å²) in [6.07, 6.45) is 0.346. The van der Waals surface area contributed by atoms with Crippen molar-refractivity contribution in [3.05, 3.63) is 28.1 Å². The van der Waals surface area contributed by atoms with Crippen molar-refractivity contribution in [3.63, 3.8) is 0 Å². The van der Waals surface area contributed by atoms with Gasteiger partial charge in [-0.2, -0.15) is 0 Å². The van der Waals surface area contributed by atoms with Gasteiger partial charge in [0.05, 0.1) is 10.9 Å². The molecule has 0 saturated carbocycles. The molecule has 16 heavy (non-hydrogen) atoms. The first-order valence-corrected chi connectivity index (χ1v) is 5.63. The van der Waals surface area contributed by atoms with Crippen LogP contribution in [0, 0.1) is 6.92 Å². The SMILES string of the molecule is Cc1cc(Br)c2oc(CCC(=O)O)nc2c1. The number of hydrogen-bond donors (Lipinski definition) is 1. The Hall–Kier alpha value is -1.36. The van der Waals surface area contributed by atoms with Gasteiger partial charge in [0.25, 0.3) is 0 Å². The quantitative estimate of drug-likeness (QED) is 0.941. The van der Waals surface area contributed by atoms with Crippen molar-refractivity contribution in [3.8, 4) is 0 Å². The number of hydrogen-bond acceptors (Lipinski definition) is 3. The molecule has 0 atom stereocenters. The molecule has 1 aromatic carbocycles. The van der Waals surface area contributed by atoms with Gasteiger partial charge in [0.1, 0.15) is 5.52 Å². The van der Waals surface area contributed by atoms with Gasteiger partial charge < -0.3 is 9.52 Å². The number of benzene rings is 1. The Morgan fingerprint density at radius 1 is 1.56 bits per heavy atom. The zero-order valence-corrected chi connectivity index (χ0v) is 10.2. The minimum atomic E-state index is -0.850. The summed E-state index contributed by atoms with van der Waals surface area (Å²) in [5, 5.41) is 8.57. The molecular formula is C11H10BrNO3. The third kappa shape index (κ3) is 2.24. The van der Waals surface area contributed by atoms with Crippen molar-refractivity contribution in [1.82, 2.24) is 4.98 Å². The van der Waals surface area contributed by atoms with E-state index in [9.17, 15) is 4.79 Å². The smallest absolute Gasteiger partial charge is 0.303 e. The van der Waals surface area contributed by atoms with Gasteiger partial charge in [-0.1, -0.05) is 0 Å². The van der Waals surface area contributed by atoms with E-state index in [1.54, 1.807) is 0 Å². The standard InChI is InChI=1S/C11H10BrNO3/c1-6-4-7(12)11-8(5-6)13-9(16-11)2-3-10(14)15/h4-5H,2-3H2,1H3,(H,14,15). The fourth-order valence-electron chi connectivity index (χ4n) is 1.49. The van der Waals surface area contributed by atoms with Crippen molar-refractivity contribution in [1.29, 1.82) is 0 Å². The topological polar surface area (TPSA) is 63.3 Å². The zero-order chi connectivity index (χ0) is 11.7. The van der Waals surface area contributed by atoms with Crippen LogP contribution in [0.3, 0.4) is 0 Å². The van der Waals surface area contributed by atoms with Gasteiger partial charge in [-0.05, 0) is 40.5 Å². The van der Waals surface area contributed by atoms with E-state index >= 15 is 0 Å². The molecule has 0 aliphatic carbocycles. The normalized spacial score (nSPS) is 10.9. The average Bonchev–Trinajstić information content (AvgIpc) is 2.57. The van der Waals surface area contributed by atoms with Crippen LogP contribution in [0.5, 0.6) is 0 Å². The molecule has 0 radical (unpaired) electrons. The highest BCUT2D eigenvalue weighted by molar-refractivity contribution is 9.10. The van der Waals surface area contributed by atoms with Crippen LogP contribution in [0.2, 0.25) is 0 Å². The summed E-state index contributed by atoms with van der Waals surface area (Å²) in [4.78, 5) is 14.7. The maximum atomic E-state index is 10.4. The van der Waals surface area contributed by atoms with Gasteiger partial charge in [0, 0.05) is 6.42 Å². The van der Waals surface area contributed by atoms with E-state index in [-0.39, 0.29) is 6.42 Å². The largest absolute Gasteiger partial charge is 0.481 e. The van der Waals surface area contributed by atoms with Crippen molar-refractivity contribution in [2.75, 3.05) is 0 Å². The van der Waals surface area contributed by atoms with E-state index in [0.717, 1.165) is 15.6 Å². The van der Waals surface area contributed by atoms with Gasteiger partial charge in [0.2, 0.25) is 0 Å². The number of carbonyl (C=O) groups is 1. The molecular weight excluding hydrogens is 274 g/mol. The molecule has 0 saturated heterocycles. The lowest BCUT2D eigenvalue weighted by Gasteiger charge is -1.93. The fourth-order valence-corrected chi connectivity index (χ4v) is 2.14. The molecule has 0 unspecified atom stereocenters. The van der Waals surface area contributed by atoms with Crippen LogP contribution in [-0.2, 0) is 11.2 Å². The molecule has 5 heteroatoms. The lowest BCUT2D eigenvalue weighted by atomic mass is 10.2. The van der Waals surface area contributed by atoms with Gasteiger partial charge in [0.15, 0.2) is 11.5 Å². The Labute approximate surface area is 100 Å². The van der Waals surface area contributed by atoms with E-state index in [4.69, 9.17) is 9.52 Å². The Balaban J connectivity index is 2.36. The van der Waals surface area contributed by atoms with Crippen molar-refractivity contribution in [2.24, 2.45) is 0 Å². The highest BCUT2D eigenvalue weighted by atomic mass is 79.9. The lowest BCUT2D eigenvalue weighted by molar-refractivity contribution is -0.137. The van der Waals surface area contributed by atoms with Gasteiger partial charge >= 0.3 is 5.97 Å². The first-order chi connectivity index (χ1) is 7.56. The summed E-state index contributed by atoms with van der Waals surface area (Å²) >= 11 is 3.39. The number of aliphatic carboxylic acids is 1. The van der Waals surface area contributed by atoms with Crippen LogP contribution >= 0.6 is 15.9 Å². The van der Waals surface area contributed by atoms with Gasteiger partial charge in [-0.3, -0.25) is 4.79 Å². The Morgan fingerprint density at radius 3 is 3.00 bits per heavy atom. The molecule has 0 amide bonds. The van der Waals surface area contributed by atoms with Gasteiger partial charge in [-0.25, -0.2) is 4.98 Å². The number of rotatable bonds is 3. The maximum absolute atomic E-state index is 10.4. The summed E-state index contributed by atoms with van der Waals surface area (Å²) in [5.74, 6) is -0.388. The first kappa shape index (κ1) is 11.1.